The van der Waals surface area contributed by atoms with Crippen molar-refractivity contribution in [3.05, 3.63) is 89.0 Å². The lowest BCUT2D eigenvalue weighted by atomic mass is 10.2. The molecule has 0 spiro atoms. The van der Waals surface area contributed by atoms with Crippen LogP contribution in [0.1, 0.15) is 27.3 Å². The van der Waals surface area contributed by atoms with Crippen molar-refractivity contribution < 1.29 is 21.8 Å². The van der Waals surface area contributed by atoms with Crippen molar-refractivity contribution in [2.24, 2.45) is 0 Å². The van der Waals surface area contributed by atoms with Gasteiger partial charge in [0.2, 0.25) is 0 Å². The van der Waals surface area contributed by atoms with Crippen LogP contribution in [0.5, 0.6) is 5.75 Å². The van der Waals surface area contributed by atoms with Crippen LogP contribution in [0.15, 0.2) is 65.6 Å². The fourth-order valence-corrected chi connectivity index (χ4v) is 4.46. The number of aryl methyl sites for hydroxylation is 3. The largest absolute Gasteiger partial charge is 0.379 e. The van der Waals surface area contributed by atoms with Crippen LogP contribution in [0.4, 0.5) is 10.1 Å². The molecular formula is C23H20FN5O4S. The number of tetrazole rings is 1. The van der Waals surface area contributed by atoms with E-state index in [4.69, 9.17) is 4.18 Å². The number of hydrogen-bond donors (Lipinski definition) is 1. The van der Waals surface area contributed by atoms with Crippen molar-refractivity contribution in [3.8, 4) is 11.4 Å². The van der Waals surface area contributed by atoms with Crippen LogP contribution in [-0.4, -0.2) is 34.5 Å². The van der Waals surface area contributed by atoms with Crippen molar-refractivity contribution in [2.45, 2.75) is 25.7 Å². The van der Waals surface area contributed by atoms with Gasteiger partial charge in [-0.3, -0.25) is 4.79 Å². The first kappa shape index (κ1) is 23.1. The number of nitrogens with zero attached hydrogens (tertiary/aromatic N) is 4. The Kier molecular flexibility index (Phi) is 6.12. The lowest BCUT2D eigenvalue weighted by molar-refractivity contribution is 0.102. The topological polar surface area (TPSA) is 116 Å². The summed E-state index contributed by atoms with van der Waals surface area (Å²) in [5, 5.41) is 13.7. The average Bonchev–Trinajstić information content (AvgIpc) is 3.23. The summed E-state index contributed by atoms with van der Waals surface area (Å²) in [6, 6.07) is 14.6. The number of nitrogens with one attached hydrogen (secondary N) is 1. The second-order valence-electron chi connectivity index (χ2n) is 7.59. The molecule has 4 rings (SSSR count). The Morgan fingerprint density at radius 2 is 1.74 bits per heavy atom. The molecule has 0 saturated heterocycles. The average molecular weight is 482 g/mol. The van der Waals surface area contributed by atoms with Gasteiger partial charge < -0.3 is 9.50 Å². The Bertz CT molecular complexity index is 1480. The van der Waals surface area contributed by atoms with Gasteiger partial charge >= 0.3 is 10.1 Å². The summed E-state index contributed by atoms with van der Waals surface area (Å²) in [5.74, 6) is -0.689. The third-order valence-electron chi connectivity index (χ3n) is 5.00. The summed E-state index contributed by atoms with van der Waals surface area (Å²) in [5.41, 5.74) is 1.93. The zero-order valence-electron chi connectivity index (χ0n) is 18.5. The molecule has 1 N–H and O–H groups in total. The van der Waals surface area contributed by atoms with E-state index in [1.165, 1.54) is 53.2 Å². The highest BCUT2D eigenvalue weighted by atomic mass is 32.2. The molecule has 0 fully saturated rings. The molecular weight excluding hydrogens is 461 g/mol. The number of halogens is 1. The molecule has 174 valence electrons. The zero-order valence-corrected chi connectivity index (χ0v) is 19.3. The lowest BCUT2D eigenvalue weighted by Crippen LogP contribution is -2.14. The molecule has 0 aliphatic heterocycles. The van der Waals surface area contributed by atoms with Gasteiger partial charge in [0.1, 0.15) is 16.5 Å². The third kappa shape index (κ3) is 4.79. The summed E-state index contributed by atoms with van der Waals surface area (Å²) in [4.78, 5) is 12.7. The molecule has 0 saturated carbocycles. The van der Waals surface area contributed by atoms with Gasteiger partial charge in [-0.05, 0) is 90.9 Å². The number of rotatable bonds is 6. The van der Waals surface area contributed by atoms with E-state index in [2.05, 4.69) is 20.8 Å². The van der Waals surface area contributed by atoms with E-state index in [9.17, 15) is 17.6 Å². The highest BCUT2D eigenvalue weighted by Gasteiger charge is 2.20. The van der Waals surface area contributed by atoms with Crippen molar-refractivity contribution >= 4 is 21.7 Å². The van der Waals surface area contributed by atoms with Gasteiger partial charge in [-0.25, -0.2) is 4.39 Å². The van der Waals surface area contributed by atoms with E-state index < -0.39 is 21.8 Å². The van der Waals surface area contributed by atoms with E-state index >= 15 is 0 Å². The van der Waals surface area contributed by atoms with Crippen LogP contribution in [0.25, 0.3) is 5.69 Å². The summed E-state index contributed by atoms with van der Waals surface area (Å²) in [7, 11) is -4.05. The fourth-order valence-electron chi connectivity index (χ4n) is 3.22. The van der Waals surface area contributed by atoms with E-state index in [1.54, 1.807) is 26.8 Å². The smallest absolute Gasteiger partial charge is 0.339 e. The monoisotopic (exact) mass is 481 g/mol. The Morgan fingerprint density at radius 3 is 2.41 bits per heavy atom. The molecule has 34 heavy (non-hydrogen) atoms. The van der Waals surface area contributed by atoms with E-state index in [-0.39, 0.29) is 21.9 Å². The maximum absolute atomic E-state index is 14.3. The zero-order chi connectivity index (χ0) is 24.5. The molecule has 4 aromatic rings. The summed E-state index contributed by atoms with van der Waals surface area (Å²) in [6.07, 6.45) is 0. The van der Waals surface area contributed by atoms with Crippen LogP contribution < -0.4 is 9.50 Å². The van der Waals surface area contributed by atoms with Crippen molar-refractivity contribution in [1.29, 1.82) is 0 Å². The molecule has 9 nitrogen and oxygen atoms in total. The Labute approximate surface area is 195 Å². The van der Waals surface area contributed by atoms with Gasteiger partial charge in [0.25, 0.3) is 5.91 Å². The van der Waals surface area contributed by atoms with Crippen LogP contribution in [-0.2, 0) is 10.1 Å². The number of benzene rings is 3. The molecule has 3 aromatic carbocycles. The Balaban J connectivity index is 1.51. The van der Waals surface area contributed by atoms with Gasteiger partial charge in [0.05, 0.1) is 11.4 Å². The number of aromatic nitrogens is 4. The maximum atomic E-state index is 14.3. The first-order valence-electron chi connectivity index (χ1n) is 10.1. The van der Waals surface area contributed by atoms with Crippen molar-refractivity contribution in [2.75, 3.05) is 5.32 Å². The molecule has 0 bridgehead atoms. The molecule has 0 aliphatic carbocycles. The lowest BCUT2D eigenvalue weighted by Gasteiger charge is -2.11. The molecule has 1 heterocycles. The first-order valence-corrected chi connectivity index (χ1v) is 11.5. The van der Waals surface area contributed by atoms with E-state index in [1.807, 2.05) is 6.07 Å². The Morgan fingerprint density at radius 1 is 1.00 bits per heavy atom. The molecule has 0 radical (unpaired) electrons. The minimum atomic E-state index is -4.05. The number of carbonyl (C=O) groups excluding carboxylic acids is 1. The van der Waals surface area contributed by atoms with Gasteiger partial charge in [0.15, 0.2) is 5.82 Å². The second kappa shape index (κ2) is 9.02. The number of carbonyl (C=O) groups is 1. The summed E-state index contributed by atoms with van der Waals surface area (Å²) in [6.45, 7) is 5.15. The van der Waals surface area contributed by atoms with E-state index in [0.29, 0.717) is 17.1 Å². The van der Waals surface area contributed by atoms with Crippen molar-refractivity contribution in [1.82, 2.24) is 20.2 Å². The van der Waals surface area contributed by atoms with Gasteiger partial charge in [0, 0.05) is 5.56 Å². The van der Waals surface area contributed by atoms with E-state index in [0.717, 1.165) is 5.56 Å². The van der Waals surface area contributed by atoms with Crippen LogP contribution in [0, 0.1) is 26.6 Å². The molecule has 0 atom stereocenters. The van der Waals surface area contributed by atoms with Crippen molar-refractivity contribution in [3.63, 3.8) is 0 Å². The fraction of sp³-hybridized carbons (Fsp3) is 0.130. The molecule has 1 aromatic heterocycles. The maximum Gasteiger partial charge on any atom is 0.339 e. The second-order valence-corrected chi connectivity index (χ2v) is 9.10. The van der Waals surface area contributed by atoms with Gasteiger partial charge in [-0.2, -0.15) is 13.1 Å². The number of anilines is 1. The summed E-state index contributed by atoms with van der Waals surface area (Å²) >= 11 is 0. The SMILES string of the molecule is Cc1ccc(C)c(S(=O)(=O)Oc2ccc(C(=O)Nc3cc(-n4nnnc4C)ccc3F)cc2)c1. The van der Waals surface area contributed by atoms with Crippen LogP contribution >= 0.6 is 0 Å². The quantitative estimate of drug-likeness (QED) is 0.417. The van der Waals surface area contributed by atoms with Gasteiger partial charge in [-0.15, -0.1) is 5.10 Å². The molecule has 0 aliphatic rings. The Hall–Kier alpha value is -4.12. The van der Waals surface area contributed by atoms with Crippen LogP contribution in [0.2, 0.25) is 0 Å². The third-order valence-corrected chi connectivity index (χ3v) is 6.39. The normalized spacial score (nSPS) is 11.3. The van der Waals surface area contributed by atoms with Gasteiger partial charge in [-0.1, -0.05) is 12.1 Å². The first-order chi connectivity index (χ1) is 16.1. The predicted octanol–water partition coefficient (Wildman–Crippen LogP) is 3.75. The molecule has 0 unspecified atom stereocenters. The molecule has 1 amide bonds. The predicted molar refractivity (Wildman–Crippen MR) is 122 cm³/mol. The number of hydrogen-bond acceptors (Lipinski definition) is 7. The minimum absolute atomic E-state index is 0.0415. The van der Waals surface area contributed by atoms with Crippen LogP contribution in [0.3, 0.4) is 0 Å². The highest BCUT2D eigenvalue weighted by molar-refractivity contribution is 7.87. The standard InChI is InChI=1S/C23H20FN5O4S/c1-14-4-5-15(2)22(12-14)34(31,32)33-19-9-6-17(7-10-19)23(30)25-21-13-18(8-11-20(21)24)29-16(3)26-27-28-29/h4-13H,1-3H3,(H,25,30). The minimum Gasteiger partial charge on any atom is -0.379 e. The number of amides is 1. The highest BCUT2D eigenvalue weighted by Crippen LogP contribution is 2.24. The summed E-state index contributed by atoms with van der Waals surface area (Å²) < 4.78 is 46.3. The molecule has 11 heteroatoms.